The molecule has 0 aliphatic carbocycles. The second-order valence-electron chi connectivity index (χ2n) is 0.869. The molecular weight excluding hydrogens is 120 g/mol. The van der Waals surface area contributed by atoms with Crippen molar-refractivity contribution in [3.05, 3.63) is 11.7 Å². The largest absolute Gasteiger partial charge is 0.497 e. The van der Waals surface area contributed by atoms with E-state index < -0.39 is 15.2 Å². The SMILES string of the molecule is C=C(O)S(=O)(=O)O. The van der Waals surface area contributed by atoms with Gasteiger partial charge < -0.3 is 5.11 Å². The molecule has 0 atom stereocenters. The fraction of sp³-hybridized carbons (Fsp3) is 0. The molecule has 0 rings (SSSR count). The van der Waals surface area contributed by atoms with Crippen molar-refractivity contribution in [2.45, 2.75) is 0 Å². The predicted octanol–water partition coefficient (Wildman–Crippen LogP) is -0.0966. The maximum absolute atomic E-state index is 9.54. The predicted molar refractivity (Wildman–Crippen MR) is 23.3 cm³/mol. The van der Waals surface area contributed by atoms with Crippen LogP contribution in [0, 0.1) is 0 Å². The minimum atomic E-state index is -4.38. The molecule has 5 heteroatoms. The molecule has 0 bridgehead atoms. The Bertz CT molecular complexity index is 164. The van der Waals surface area contributed by atoms with Crippen LogP contribution in [0.3, 0.4) is 0 Å². The van der Waals surface area contributed by atoms with E-state index >= 15 is 0 Å². The van der Waals surface area contributed by atoms with Crippen molar-refractivity contribution in [1.29, 1.82) is 0 Å². The van der Waals surface area contributed by atoms with E-state index in [1.807, 2.05) is 0 Å². The first-order valence-electron chi connectivity index (χ1n) is 1.30. The van der Waals surface area contributed by atoms with E-state index in [-0.39, 0.29) is 0 Å². The second kappa shape index (κ2) is 1.51. The zero-order valence-electron chi connectivity index (χ0n) is 3.33. The lowest BCUT2D eigenvalue weighted by atomic mass is 11.2. The van der Waals surface area contributed by atoms with Gasteiger partial charge in [-0.05, 0) is 6.58 Å². The lowest BCUT2D eigenvalue weighted by Gasteiger charge is -1.85. The Balaban J connectivity index is 4.43. The molecule has 0 saturated carbocycles. The zero-order valence-corrected chi connectivity index (χ0v) is 4.14. The Morgan fingerprint density at radius 3 is 1.71 bits per heavy atom. The number of hydrogen-bond acceptors (Lipinski definition) is 3. The second-order valence-corrected chi connectivity index (χ2v) is 2.29. The van der Waals surface area contributed by atoms with Gasteiger partial charge in [0.15, 0.2) is 0 Å². The van der Waals surface area contributed by atoms with Crippen LogP contribution in [0.5, 0.6) is 0 Å². The summed E-state index contributed by atoms with van der Waals surface area (Å²) >= 11 is 0. The molecule has 0 radical (unpaired) electrons. The zero-order chi connectivity index (χ0) is 6.08. The van der Waals surface area contributed by atoms with Gasteiger partial charge in [-0.25, -0.2) is 0 Å². The minimum absolute atomic E-state index is 1.23. The van der Waals surface area contributed by atoms with Gasteiger partial charge in [0.1, 0.15) is 0 Å². The molecular formula is C2H4O4S. The van der Waals surface area contributed by atoms with Crippen LogP contribution in [0.15, 0.2) is 11.7 Å². The van der Waals surface area contributed by atoms with E-state index in [1.165, 1.54) is 0 Å². The van der Waals surface area contributed by atoms with Gasteiger partial charge >= 0.3 is 10.1 Å². The van der Waals surface area contributed by atoms with Crippen LogP contribution in [-0.4, -0.2) is 18.1 Å². The molecule has 0 aromatic heterocycles. The van der Waals surface area contributed by atoms with Crippen molar-refractivity contribution in [2.75, 3.05) is 0 Å². The van der Waals surface area contributed by atoms with Gasteiger partial charge in [0, 0.05) is 0 Å². The monoisotopic (exact) mass is 124 g/mol. The van der Waals surface area contributed by atoms with Crippen LogP contribution in [0.2, 0.25) is 0 Å². The Morgan fingerprint density at radius 1 is 1.57 bits per heavy atom. The van der Waals surface area contributed by atoms with Crippen LogP contribution in [0.25, 0.3) is 0 Å². The van der Waals surface area contributed by atoms with E-state index in [4.69, 9.17) is 9.66 Å². The van der Waals surface area contributed by atoms with Gasteiger partial charge in [-0.2, -0.15) is 8.42 Å². The summed E-state index contributed by atoms with van der Waals surface area (Å²) in [6.07, 6.45) is 0. The quantitative estimate of drug-likeness (QED) is 0.378. The highest BCUT2D eigenvalue weighted by atomic mass is 32.2. The Morgan fingerprint density at radius 2 is 1.71 bits per heavy atom. The standard InChI is InChI=1S/C2H4O4S/c1-2(3)7(4,5)6/h3H,1H2,(H,4,5,6). The molecule has 0 amide bonds. The fourth-order valence-electron chi connectivity index (χ4n) is 0. The summed E-state index contributed by atoms with van der Waals surface area (Å²) in [5.41, 5.74) is 0. The van der Waals surface area contributed by atoms with Crippen LogP contribution in [0.1, 0.15) is 0 Å². The summed E-state index contributed by atoms with van der Waals surface area (Å²) < 4.78 is 26.8. The summed E-state index contributed by atoms with van der Waals surface area (Å²) in [7, 11) is -4.38. The van der Waals surface area contributed by atoms with Gasteiger partial charge in [-0.15, -0.1) is 0 Å². The average molecular weight is 124 g/mol. The van der Waals surface area contributed by atoms with Crippen LogP contribution in [0.4, 0.5) is 0 Å². The highest BCUT2D eigenvalue weighted by molar-refractivity contribution is 7.89. The third-order valence-corrected chi connectivity index (χ3v) is 0.893. The van der Waals surface area contributed by atoms with Crippen LogP contribution in [-0.2, 0) is 10.1 Å². The van der Waals surface area contributed by atoms with Crippen molar-refractivity contribution in [3.8, 4) is 0 Å². The maximum atomic E-state index is 9.54. The van der Waals surface area contributed by atoms with E-state index in [2.05, 4.69) is 6.58 Å². The summed E-state index contributed by atoms with van der Waals surface area (Å²) in [6.45, 7) is 2.54. The van der Waals surface area contributed by atoms with Crippen molar-refractivity contribution >= 4 is 10.1 Å². The summed E-state index contributed by atoms with van der Waals surface area (Å²) in [5, 5.41) is 6.63. The number of aliphatic hydroxyl groups excluding tert-OH is 1. The molecule has 42 valence electrons. The molecule has 2 N–H and O–H groups in total. The van der Waals surface area contributed by atoms with Crippen molar-refractivity contribution in [3.63, 3.8) is 0 Å². The lowest BCUT2D eigenvalue weighted by Crippen LogP contribution is -1.97. The molecule has 7 heavy (non-hydrogen) atoms. The topological polar surface area (TPSA) is 74.6 Å². The maximum Gasteiger partial charge on any atom is 0.326 e. The fourth-order valence-corrected chi connectivity index (χ4v) is 0. The molecule has 0 aliphatic heterocycles. The van der Waals surface area contributed by atoms with Gasteiger partial charge in [-0.1, -0.05) is 0 Å². The number of aliphatic hydroxyl groups is 1. The van der Waals surface area contributed by atoms with Crippen LogP contribution >= 0.6 is 0 Å². The van der Waals surface area contributed by atoms with Gasteiger partial charge in [0.2, 0.25) is 5.09 Å². The van der Waals surface area contributed by atoms with Gasteiger partial charge in [0.05, 0.1) is 0 Å². The minimum Gasteiger partial charge on any atom is -0.497 e. The third-order valence-electron chi connectivity index (χ3n) is 0.298. The Hall–Kier alpha value is -0.550. The first kappa shape index (κ1) is 6.45. The van der Waals surface area contributed by atoms with E-state index in [0.29, 0.717) is 0 Å². The van der Waals surface area contributed by atoms with E-state index in [1.54, 1.807) is 0 Å². The molecule has 0 unspecified atom stereocenters. The Kier molecular flexibility index (Phi) is 1.39. The smallest absolute Gasteiger partial charge is 0.326 e. The first-order chi connectivity index (χ1) is 2.94. The molecule has 0 heterocycles. The molecule has 0 aromatic carbocycles. The Labute approximate surface area is 40.8 Å². The highest BCUT2D eigenvalue weighted by Crippen LogP contribution is 1.90. The average Bonchev–Trinajstić information content (AvgIpc) is 1.31. The highest BCUT2D eigenvalue weighted by Gasteiger charge is 2.05. The molecule has 0 aromatic rings. The van der Waals surface area contributed by atoms with Gasteiger partial charge in [0.25, 0.3) is 0 Å². The molecule has 4 nitrogen and oxygen atoms in total. The normalized spacial score (nSPS) is 11.0. The van der Waals surface area contributed by atoms with Crippen molar-refractivity contribution in [2.24, 2.45) is 0 Å². The molecule has 0 fully saturated rings. The van der Waals surface area contributed by atoms with E-state index in [0.717, 1.165) is 0 Å². The molecule has 0 spiro atoms. The summed E-state index contributed by atoms with van der Waals surface area (Å²) in [5.74, 6) is 0. The molecule has 0 saturated heterocycles. The lowest BCUT2D eigenvalue weighted by molar-refractivity contribution is 0.408. The third kappa shape index (κ3) is 2.18. The first-order valence-corrected chi connectivity index (χ1v) is 2.74. The summed E-state index contributed by atoms with van der Waals surface area (Å²) in [6, 6.07) is 0. The number of hydrogen-bond donors (Lipinski definition) is 2. The summed E-state index contributed by atoms with van der Waals surface area (Å²) in [4.78, 5) is 0. The molecule has 0 aliphatic rings. The van der Waals surface area contributed by atoms with Gasteiger partial charge in [-0.3, -0.25) is 4.55 Å². The van der Waals surface area contributed by atoms with E-state index in [9.17, 15) is 8.42 Å². The number of rotatable bonds is 1. The van der Waals surface area contributed by atoms with Crippen molar-refractivity contribution in [1.82, 2.24) is 0 Å². The van der Waals surface area contributed by atoms with Crippen LogP contribution < -0.4 is 0 Å². The van der Waals surface area contributed by atoms with Crippen molar-refractivity contribution < 1.29 is 18.1 Å².